The minimum Gasteiger partial charge on any atom is -0.120 e. The van der Waals surface area contributed by atoms with Crippen molar-refractivity contribution in [3.8, 4) is 12.3 Å². The van der Waals surface area contributed by atoms with E-state index in [1.165, 1.54) is 5.57 Å². The highest BCUT2D eigenvalue weighted by Gasteiger charge is 2.05. The van der Waals surface area contributed by atoms with E-state index in [1.54, 1.807) is 0 Å². The molecule has 0 unspecified atom stereocenters. The Kier molecular flexibility index (Phi) is 4.70. The molecule has 0 aliphatic heterocycles. The van der Waals surface area contributed by atoms with E-state index in [0.29, 0.717) is 11.8 Å². The molecule has 0 aromatic heterocycles. The van der Waals surface area contributed by atoms with Crippen LogP contribution in [0.2, 0.25) is 0 Å². The number of allylic oxidation sites excluding steroid dienone is 1. The van der Waals surface area contributed by atoms with E-state index in [2.05, 4.69) is 33.3 Å². The first-order valence-corrected chi connectivity index (χ1v) is 4.16. The van der Waals surface area contributed by atoms with Gasteiger partial charge in [0.05, 0.1) is 0 Å². The molecular formula is C11H18. The van der Waals surface area contributed by atoms with Crippen LogP contribution in [-0.2, 0) is 0 Å². The van der Waals surface area contributed by atoms with Gasteiger partial charge in [0.25, 0.3) is 0 Å². The van der Waals surface area contributed by atoms with Crippen LogP contribution in [-0.4, -0.2) is 0 Å². The molecule has 0 saturated heterocycles. The van der Waals surface area contributed by atoms with E-state index in [0.717, 1.165) is 12.8 Å². The maximum atomic E-state index is 5.28. The van der Waals surface area contributed by atoms with Crippen molar-refractivity contribution < 1.29 is 0 Å². The van der Waals surface area contributed by atoms with E-state index < -0.39 is 0 Å². The zero-order valence-corrected chi connectivity index (χ0v) is 7.85. The van der Waals surface area contributed by atoms with E-state index >= 15 is 0 Å². The van der Waals surface area contributed by atoms with Crippen molar-refractivity contribution in [2.45, 2.75) is 33.6 Å². The molecule has 0 nitrogen and oxygen atoms in total. The molecule has 0 amide bonds. The number of hydrogen-bond donors (Lipinski definition) is 0. The normalized spacial score (nSPS) is 15.1. The summed E-state index contributed by atoms with van der Waals surface area (Å²) < 4.78 is 0. The largest absolute Gasteiger partial charge is 0.120 e. The van der Waals surface area contributed by atoms with Crippen LogP contribution in [0.1, 0.15) is 33.6 Å². The topological polar surface area (TPSA) is 0 Å². The van der Waals surface area contributed by atoms with E-state index in [1.807, 2.05) is 0 Å². The van der Waals surface area contributed by atoms with Gasteiger partial charge in [-0.25, -0.2) is 0 Å². The lowest BCUT2D eigenvalue weighted by Gasteiger charge is -2.12. The van der Waals surface area contributed by atoms with Crippen molar-refractivity contribution in [2.75, 3.05) is 0 Å². The Bertz CT molecular complexity index is 159. The second-order valence-corrected chi connectivity index (χ2v) is 3.57. The van der Waals surface area contributed by atoms with Gasteiger partial charge in [-0.1, -0.05) is 19.4 Å². The zero-order chi connectivity index (χ0) is 8.85. The molecule has 0 N–H and O–H groups in total. The second-order valence-electron chi connectivity index (χ2n) is 3.57. The summed E-state index contributed by atoms with van der Waals surface area (Å²) in [7, 11) is 0. The summed E-state index contributed by atoms with van der Waals surface area (Å²) in [5.41, 5.74) is 1.25. The average Bonchev–Trinajstić information content (AvgIpc) is 1.85. The van der Waals surface area contributed by atoms with Gasteiger partial charge in [-0.15, -0.1) is 18.9 Å². The Morgan fingerprint density at radius 3 is 2.45 bits per heavy atom. The summed E-state index contributed by atoms with van der Waals surface area (Å²) in [6, 6.07) is 0. The van der Waals surface area contributed by atoms with Crippen molar-refractivity contribution in [3.05, 3.63) is 12.2 Å². The first-order valence-electron chi connectivity index (χ1n) is 4.16. The number of hydrogen-bond acceptors (Lipinski definition) is 0. The highest BCUT2D eigenvalue weighted by atomic mass is 14.1. The van der Waals surface area contributed by atoms with Crippen molar-refractivity contribution in [2.24, 2.45) is 11.8 Å². The van der Waals surface area contributed by atoms with Gasteiger partial charge in [0.2, 0.25) is 0 Å². The lowest BCUT2D eigenvalue weighted by molar-refractivity contribution is 0.472. The fourth-order valence-electron chi connectivity index (χ4n) is 1.35. The Morgan fingerprint density at radius 2 is 2.09 bits per heavy atom. The lowest BCUT2D eigenvalue weighted by Crippen LogP contribution is -2.01. The van der Waals surface area contributed by atoms with E-state index in [4.69, 9.17) is 6.42 Å². The van der Waals surface area contributed by atoms with Crippen molar-refractivity contribution in [1.82, 2.24) is 0 Å². The summed E-state index contributed by atoms with van der Waals surface area (Å²) >= 11 is 0. The summed E-state index contributed by atoms with van der Waals surface area (Å²) in [6.07, 6.45) is 7.50. The Morgan fingerprint density at radius 1 is 1.55 bits per heavy atom. The lowest BCUT2D eigenvalue weighted by atomic mass is 9.93. The molecule has 0 radical (unpaired) electrons. The predicted molar refractivity (Wildman–Crippen MR) is 51.2 cm³/mol. The van der Waals surface area contributed by atoms with Crippen LogP contribution >= 0.6 is 0 Å². The SMILES string of the molecule is C#C[C@@H](C)C[C@H](C)CC(=C)C. The highest BCUT2D eigenvalue weighted by molar-refractivity contribution is 4.94. The first-order chi connectivity index (χ1) is 5.06. The minimum atomic E-state index is 0.407. The fraction of sp³-hybridized carbons (Fsp3) is 0.636. The third-order valence-corrected chi connectivity index (χ3v) is 1.74. The molecule has 0 saturated carbocycles. The Balaban J connectivity index is 3.62. The molecule has 0 aliphatic carbocycles. The van der Waals surface area contributed by atoms with Crippen LogP contribution in [0.15, 0.2) is 12.2 Å². The Labute approximate surface area is 70.7 Å². The van der Waals surface area contributed by atoms with Crippen LogP contribution in [0.4, 0.5) is 0 Å². The third kappa shape index (κ3) is 5.73. The summed E-state index contributed by atoms with van der Waals surface area (Å²) in [6.45, 7) is 10.3. The molecule has 0 fully saturated rings. The van der Waals surface area contributed by atoms with Gasteiger partial charge in [0, 0.05) is 5.92 Å². The maximum Gasteiger partial charge on any atom is 0.0174 e. The van der Waals surface area contributed by atoms with Gasteiger partial charge in [0.15, 0.2) is 0 Å². The number of rotatable bonds is 4. The summed E-state index contributed by atoms with van der Waals surface area (Å²) in [4.78, 5) is 0. The molecule has 0 spiro atoms. The van der Waals surface area contributed by atoms with Gasteiger partial charge >= 0.3 is 0 Å². The monoisotopic (exact) mass is 150 g/mol. The quantitative estimate of drug-likeness (QED) is 0.426. The van der Waals surface area contributed by atoms with Crippen molar-refractivity contribution in [1.29, 1.82) is 0 Å². The Hall–Kier alpha value is -0.700. The molecule has 0 aromatic carbocycles. The molecular weight excluding hydrogens is 132 g/mol. The summed E-state index contributed by atoms with van der Waals surface area (Å²) in [5, 5.41) is 0. The zero-order valence-electron chi connectivity index (χ0n) is 7.85. The van der Waals surface area contributed by atoms with E-state index in [-0.39, 0.29) is 0 Å². The van der Waals surface area contributed by atoms with Gasteiger partial charge in [-0.3, -0.25) is 0 Å². The average molecular weight is 150 g/mol. The molecule has 11 heavy (non-hydrogen) atoms. The second kappa shape index (κ2) is 5.02. The van der Waals surface area contributed by atoms with Crippen LogP contribution in [0.25, 0.3) is 0 Å². The molecule has 2 atom stereocenters. The van der Waals surface area contributed by atoms with Crippen LogP contribution in [0.3, 0.4) is 0 Å². The smallest absolute Gasteiger partial charge is 0.0174 e. The van der Waals surface area contributed by atoms with Crippen LogP contribution in [0, 0.1) is 24.2 Å². The third-order valence-electron chi connectivity index (χ3n) is 1.74. The first kappa shape index (κ1) is 10.3. The molecule has 0 heterocycles. The standard InChI is InChI=1S/C11H18/c1-6-10(4)8-11(5)7-9(2)3/h1,10-11H,2,7-8H2,3-5H3/t10-,11-/m1/s1. The molecule has 62 valence electrons. The van der Waals surface area contributed by atoms with Gasteiger partial charge in [0.1, 0.15) is 0 Å². The molecule has 0 aromatic rings. The van der Waals surface area contributed by atoms with Gasteiger partial charge in [-0.2, -0.15) is 0 Å². The molecule has 0 rings (SSSR count). The van der Waals surface area contributed by atoms with Crippen molar-refractivity contribution >= 4 is 0 Å². The van der Waals surface area contributed by atoms with Gasteiger partial charge < -0.3 is 0 Å². The maximum absolute atomic E-state index is 5.28. The van der Waals surface area contributed by atoms with Crippen LogP contribution < -0.4 is 0 Å². The fourth-order valence-corrected chi connectivity index (χ4v) is 1.35. The van der Waals surface area contributed by atoms with Crippen LogP contribution in [0.5, 0.6) is 0 Å². The van der Waals surface area contributed by atoms with E-state index in [9.17, 15) is 0 Å². The highest BCUT2D eigenvalue weighted by Crippen LogP contribution is 2.17. The van der Waals surface area contributed by atoms with Crippen molar-refractivity contribution in [3.63, 3.8) is 0 Å². The molecule has 0 bridgehead atoms. The number of terminal acetylenes is 1. The molecule has 0 heteroatoms. The minimum absolute atomic E-state index is 0.407. The summed E-state index contributed by atoms with van der Waals surface area (Å²) in [5.74, 6) is 3.83. The predicted octanol–water partition coefficient (Wildman–Crippen LogP) is 3.25. The molecule has 0 aliphatic rings. The van der Waals surface area contributed by atoms with Gasteiger partial charge in [-0.05, 0) is 25.7 Å².